The van der Waals surface area contributed by atoms with Crippen LogP contribution in [0.1, 0.15) is 18.5 Å². The highest BCUT2D eigenvalue weighted by atomic mass is 32.2. The molecule has 0 aliphatic carbocycles. The van der Waals surface area contributed by atoms with Gasteiger partial charge in [-0.3, -0.25) is 4.79 Å². The van der Waals surface area contributed by atoms with Crippen LogP contribution in [-0.2, 0) is 21.4 Å². The van der Waals surface area contributed by atoms with E-state index in [1.54, 1.807) is 0 Å². The summed E-state index contributed by atoms with van der Waals surface area (Å²) in [5, 5.41) is 7.52. The first-order valence-corrected chi connectivity index (χ1v) is 8.42. The lowest BCUT2D eigenvalue weighted by atomic mass is 10.2. The molecule has 0 atom stereocenters. The van der Waals surface area contributed by atoms with Crippen LogP contribution in [0.2, 0.25) is 0 Å². The first-order chi connectivity index (χ1) is 10.4. The van der Waals surface area contributed by atoms with E-state index in [0.29, 0.717) is 11.6 Å². The second kappa shape index (κ2) is 7.19. The third kappa shape index (κ3) is 5.30. The van der Waals surface area contributed by atoms with Crippen molar-refractivity contribution < 1.29 is 17.6 Å². The van der Waals surface area contributed by atoms with Crippen molar-refractivity contribution >= 4 is 15.9 Å². The lowest BCUT2D eigenvalue weighted by Gasteiger charge is -2.02. The van der Waals surface area contributed by atoms with Gasteiger partial charge in [-0.25, -0.2) is 18.5 Å². The normalized spacial score (nSPS) is 11.3. The Morgan fingerprint density at radius 1 is 1.27 bits per heavy atom. The van der Waals surface area contributed by atoms with Gasteiger partial charge in [-0.05, 0) is 18.6 Å². The number of aromatic nitrogens is 1. The van der Waals surface area contributed by atoms with Gasteiger partial charge in [0.2, 0.25) is 21.8 Å². The first-order valence-electron chi connectivity index (χ1n) is 6.71. The average Bonchev–Trinajstić information content (AvgIpc) is 2.94. The maximum absolute atomic E-state index is 11.6. The molecule has 118 valence electrons. The van der Waals surface area contributed by atoms with E-state index in [1.807, 2.05) is 30.3 Å². The summed E-state index contributed by atoms with van der Waals surface area (Å²) < 4.78 is 26.9. The predicted octanol–water partition coefficient (Wildman–Crippen LogP) is 1.03. The number of oxazole rings is 1. The Kier molecular flexibility index (Phi) is 5.29. The van der Waals surface area contributed by atoms with Crippen LogP contribution >= 0.6 is 0 Å². The molecule has 0 saturated heterocycles. The number of benzene rings is 1. The van der Waals surface area contributed by atoms with E-state index < -0.39 is 10.0 Å². The number of carbonyl (C=O) groups is 1. The van der Waals surface area contributed by atoms with Gasteiger partial charge >= 0.3 is 0 Å². The number of rotatable bonds is 7. The van der Waals surface area contributed by atoms with Crippen LogP contribution in [0.15, 0.2) is 41.0 Å². The number of amides is 1. The van der Waals surface area contributed by atoms with Crippen molar-refractivity contribution in [2.75, 3.05) is 5.75 Å². The average molecular weight is 323 g/mol. The van der Waals surface area contributed by atoms with Crippen LogP contribution in [0.3, 0.4) is 0 Å². The first kappa shape index (κ1) is 16.2. The number of nitrogens with two attached hydrogens (primary N) is 1. The fourth-order valence-corrected chi connectivity index (χ4v) is 2.36. The van der Waals surface area contributed by atoms with Crippen molar-refractivity contribution in [2.45, 2.75) is 19.4 Å². The maximum Gasteiger partial charge on any atom is 0.226 e. The molecule has 1 heterocycles. The molecule has 22 heavy (non-hydrogen) atoms. The van der Waals surface area contributed by atoms with Gasteiger partial charge < -0.3 is 9.73 Å². The quantitative estimate of drug-likeness (QED) is 0.789. The van der Waals surface area contributed by atoms with E-state index in [-0.39, 0.29) is 31.0 Å². The highest BCUT2D eigenvalue weighted by Gasteiger charge is 2.09. The Morgan fingerprint density at radius 3 is 2.68 bits per heavy atom. The Labute approximate surface area is 128 Å². The SMILES string of the molecule is NS(=O)(=O)CCCC(=O)NCc1coc(-c2ccccc2)n1. The monoisotopic (exact) mass is 323 g/mol. The highest BCUT2D eigenvalue weighted by Crippen LogP contribution is 2.17. The molecule has 0 bridgehead atoms. The summed E-state index contributed by atoms with van der Waals surface area (Å²) in [6.45, 7) is 0.227. The van der Waals surface area contributed by atoms with Gasteiger partial charge in [0, 0.05) is 12.0 Å². The summed E-state index contributed by atoms with van der Waals surface area (Å²) >= 11 is 0. The molecule has 7 nitrogen and oxygen atoms in total. The third-order valence-corrected chi connectivity index (χ3v) is 3.73. The van der Waals surface area contributed by atoms with Gasteiger partial charge in [0.1, 0.15) is 6.26 Å². The standard InChI is InChI=1S/C14H17N3O4S/c15-22(19,20)8-4-7-13(18)16-9-12-10-21-14(17-12)11-5-2-1-3-6-11/h1-3,5-6,10H,4,7-9H2,(H,16,18)(H2,15,19,20). The number of sulfonamides is 1. The molecule has 2 aromatic rings. The molecule has 3 N–H and O–H groups in total. The van der Waals surface area contributed by atoms with E-state index in [2.05, 4.69) is 10.3 Å². The van der Waals surface area contributed by atoms with Crippen LogP contribution in [0, 0.1) is 0 Å². The smallest absolute Gasteiger partial charge is 0.226 e. The molecule has 1 amide bonds. The summed E-state index contributed by atoms with van der Waals surface area (Å²) in [5.74, 6) is 0.0229. The molecule has 0 aliphatic rings. The van der Waals surface area contributed by atoms with E-state index in [4.69, 9.17) is 9.56 Å². The zero-order chi connectivity index (χ0) is 16.0. The summed E-state index contributed by atoms with van der Waals surface area (Å²) in [6, 6.07) is 9.41. The van der Waals surface area contributed by atoms with Gasteiger partial charge in [0.15, 0.2) is 0 Å². The highest BCUT2D eigenvalue weighted by molar-refractivity contribution is 7.89. The number of hydrogen-bond acceptors (Lipinski definition) is 5. The van der Waals surface area contributed by atoms with Crippen molar-refractivity contribution in [3.63, 3.8) is 0 Å². The van der Waals surface area contributed by atoms with Gasteiger partial charge in [-0.15, -0.1) is 0 Å². The van der Waals surface area contributed by atoms with Crippen LogP contribution in [0.25, 0.3) is 11.5 Å². The molecular formula is C14H17N3O4S. The molecule has 0 spiro atoms. The Bertz CT molecular complexity index is 726. The van der Waals surface area contributed by atoms with Crippen molar-refractivity contribution in [3.8, 4) is 11.5 Å². The van der Waals surface area contributed by atoms with Gasteiger partial charge in [0.25, 0.3) is 0 Å². The van der Waals surface area contributed by atoms with E-state index in [1.165, 1.54) is 6.26 Å². The zero-order valence-corrected chi connectivity index (χ0v) is 12.7. The summed E-state index contributed by atoms with van der Waals surface area (Å²) in [5.41, 5.74) is 1.45. The van der Waals surface area contributed by atoms with Gasteiger partial charge in [0.05, 0.1) is 18.0 Å². The fraction of sp³-hybridized carbons (Fsp3) is 0.286. The molecule has 0 radical (unpaired) electrons. The lowest BCUT2D eigenvalue weighted by Crippen LogP contribution is -2.24. The van der Waals surface area contributed by atoms with E-state index >= 15 is 0 Å². The van der Waals surface area contributed by atoms with Crippen molar-refractivity contribution in [1.82, 2.24) is 10.3 Å². The third-order valence-electron chi connectivity index (χ3n) is 2.87. The summed E-state index contributed by atoms with van der Waals surface area (Å²) in [7, 11) is -3.52. The minimum Gasteiger partial charge on any atom is -0.444 e. The summed E-state index contributed by atoms with van der Waals surface area (Å²) in [6.07, 6.45) is 1.77. The largest absolute Gasteiger partial charge is 0.444 e. The topological polar surface area (TPSA) is 115 Å². The van der Waals surface area contributed by atoms with Crippen molar-refractivity contribution in [2.24, 2.45) is 5.14 Å². The van der Waals surface area contributed by atoms with Crippen molar-refractivity contribution in [1.29, 1.82) is 0 Å². The number of nitrogens with one attached hydrogen (secondary N) is 1. The molecule has 8 heteroatoms. The minimum atomic E-state index is -3.52. The molecule has 0 unspecified atom stereocenters. The minimum absolute atomic E-state index is 0.0970. The second-order valence-electron chi connectivity index (χ2n) is 4.76. The Hall–Kier alpha value is -2.19. The molecule has 1 aromatic heterocycles. The lowest BCUT2D eigenvalue weighted by molar-refractivity contribution is -0.121. The molecular weight excluding hydrogens is 306 g/mol. The predicted molar refractivity (Wildman–Crippen MR) is 81.0 cm³/mol. The van der Waals surface area contributed by atoms with Gasteiger partial charge in [-0.1, -0.05) is 18.2 Å². The van der Waals surface area contributed by atoms with E-state index in [9.17, 15) is 13.2 Å². The second-order valence-corrected chi connectivity index (χ2v) is 6.49. The summed E-state index contributed by atoms with van der Waals surface area (Å²) in [4.78, 5) is 15.8. The maximum atomic E-state index is 11.6. The van der Waals surface area contributed by atoms with Crippen LogP contribution in [-0.4, -0.2) is 25.1 Å². The molecule has 0 saturated carbocycles. The molecule has 0 fully saturated rings. The van der Waals surface area contributed by atoms with Crippen LogP contribution in [0.5, 0.6) is 0 Å². The number of primary sulfonamides is 1. The Balaban J connectivity index is 1.80. The Morgan fingerprint density at radius 2 is 2.00 bits per heavy atom. The number of hydrogen-bond donors (Lipinski definition) is 2. The fourth-order valence-electron chi connectivity index (χ4n) is 1.81. The zero-order valence-electron chi connectivity index (χ0n) is 11.9. The van der Waals surface area contributed by atoms with Crippen LogP contribution in [0.4, 0.5) is 0 Å². The molecule has 0 aliphatic heterocycles. The van der Waals surface area contributed by atoms with E-state index in [0.717, 1.165) is 5.56 Å². The molecule has 1 aromatic carbocycles. The van der Waals surface area contributed by atoms with Gasteiger partial charge in [-0.2, -0.15) is 0 Å². The molecule has 2 rings (SSSR count). The van der Waals surface area contributed by atoms with Crippen molar-refractivity contribution in [3.05, 3.63) is 42.3 Å². The number of carbonyl (C=O) groups excluding carboxylic acids is 1. The van der Waals surface area contributed by atoms with Crippen LogP contribution < -0.4 is 10.5 Å². The number of nitrogens with zero attached hydrogens (tertiary/aromatic N) is 1.